The molecule has 6 nitrogen and oxygen atoms in total. The SMILES string of the molecule is [C-]#[N+]c1ccc(-c2cc3c4ccccc4c(-c4cccc(-c5cccc(-c6nc(-c7ccccc7)nc(-c7ccc8oc9ccccc9c8c7)n6)c5)c4)cc3c3cccnc23)cc1. The molecule has 0 unspecified atom stereocenters. The second-order valence-corrected chi connectivity index (χ2v) is 15.7. The smallest absolute Gasteiger partial charge is 0.187 e. The number of hydrogen-bond acceptors (Lipinski definition) is 5. The van der Waals surface area contributed by atoms with Gasteiger partial charge in [-0.25, -0.2) is 19.8 Å². The van der Waals surface area contributed by atoms with Crippen molar-refractivity contribution in [2.24, 2.45) is 0 Å². The first kappa shape index (κ1) is 36.1. The number of pyridine rings is 1. The topological polar surface area (TPSA) is 69.1 Å². The van der Waals surface area contributed by atoms with E-state index in [-0.39, 0.29) is 0 Å². The third-order valence-corrected chi connectivity index (χ3v) is 12.0. The van der Waals surface area contributed by atoms with E-state index in [2.05, 4.69) is 108 Å². The Labute approximate surface area is 362 Å². The first-order valence-electron chi connectivity index (χ1n) is 20.8. The molecule has 0 saturated heterocycles. The Morgan fingerprint density at radius 1 is 0.349 bits per heavy atom. The van der Waals surface area contributed by atoms with Crippen LogP contribution in [0.4, 0.5) is 5.69 Å². The van der Waals surface area contributed by atoms with Crippen molar-refractivity contribution < 1.29 is 4.42 Å². The second kappa shape index (κ2) is 14.7. The Bertz CT molecular complexity index is 3810. The van der Waals surface area contributed by atoms with Gasteiger partial charge in [0.15, 0.2) is 23.2 Å². The highest BCUT2D eigenvalue weighted by Gasteiger charge is 2.18. The molecule has 0 spiro atoms. The predicted octanol–water partition coefficient (Wildman–Crippen LogP) is 15.2. The van der Waals surface area contributed by atoms with E-state index in [4.69, 9.17) is 30.9 Å². The fourth-order valence-electron chi connectivity index (χ4n) is 8.92. The minimum absolute atomic E-state index is 0.592. The van der Waals surface area contributed by atoms with Crippen LogP contribution in [0.15, 0.2) is 205 Å². The summed E-state index contributed by atoms with van der Waals surface area (Å²) in [5, 5.41) is 7.79. The van der Waals surface area contributed by atoms with Gasteiger partial charge < -0.3 is 4.42 Å². The van der Waals surface area contributed by atoms with Crippen LogP contribution in [0.25, 0.3) is 127 Å². The zero-order valence-corrected chi connectivity index (χ0v) is 33.7. The van der Waals surface area contributed by atoms with E-state index in [1.165, 1.54) is 10.8 Å². The van der Waals surface area contributed by atoms with Gasteiger partial charge in [-0.15, -0.1) is 0 Å². The number of furan rings is 1. The molecule has 292 valence electrons. The maximum absolute atomic E-state index is 7.45. The normalized spacial score (nSPS) is 11.5. The lowest BCUT2D eigenvalue weighted by molar-refractivity contribution is 0.669. The van der Waals surface area contributed by atoms with Gasteiger partial charge in [0.1, 0.15) is 11.2 Å². The van der Waals surface area contributed by atoms with Crippen LogP contribution in [0.2, 0.25) is 0 Å². The number of para-hydroxylation sites is 1. The predicted molar refractivity (Wildman–Crippen MR) is 256 cm³/mol. The molecule has 0 aliphatic rings. The Morgan fingerprint density at radius 3 is 1.68 bits per heavy atom. The van der Waals surface area contributed by atoms with E-state index in [1.807, 2.05) is 97.2 Å². The van der Waals surface area contributed by atoms with Crippen molar-refractivity contribution in [3.63, 3.8) is 0 Å². The van der Waals surface area contributed by atoms with Gasteiger partial charge in [0.25, 0.3) is 0 Å². The Kier molecular flexibility index (Phi) is 8.44. The average Bonchev–Trinajstić information content (AvgIpc) is 3.74. The molecule has 0 aliphatic heterocycles. The quantitative estimate of drug-likeness (QED) is 0.124. The summed E-state index contributed by atoms with van der Waals surface area (Å²) in [7, 11) is 0. The molecule has 0 bridgehead atoms. The van der Waals surface area contributed by atoms with Gasteiger partial charge in [-0.05, 0) is 104 Å². The van der Waals surface area contributed by atoms with Gasteiger partial charge >= 0.3 is 0 Å². The van der Waals surface area contributed by atoms with Gasteiger partial charge in [0.05, 0.1) is 12.1 Å². The van der Waals surface area contributed by atoms with Gasteiger partial charge in [-0.3, -0.25) is 4.98 Å². The maximum atomic E-state index is 7.45. The highest BCUT2D eigenvalue weighted by atomic mass is 16.3. The molecule has 0 fully saturated rings. The van der Waals surface area contributed by atoms with Crippen LogP contribution in [-0.4, -0.2) is 19.9 Å². The molecule has 6 heteroatoms. The lowest BCUT2D eigenvalue weighted by Gasteiger charge is -2.16. The van der Waals surface area contributed by atoms with E-state index < -0.39 is 0 Å². The Hall–Kier alpha value is -8.79. The van der Waals surface area contributed by atoms with Gasteiger partial charge in [-0.2, -0.15) is 0 Å². The number of rotatable bonds is 6. The van der Waals surface area contributed by atoms with Crippen molar-refractivity contribution in [3.8, 4) is 67.5 Å². The molecular weight excluding hydrogens is 771 g/mol. The number of fused-ring (bicyclic) bond motifs is 8. The van der Waals surface area contributed by atoms with Gasteiger partial charge in [-0.1, -0.05) is 140 Å². The summed E-state index contributed by atoms with van der Waals surface area (Å²) in [5.74, 6) is 1.79. The second-order valence-electron chi connectivity index (χ2n) is 15.7. The zero-order valence-electron chi connectivity index (χ0n) is 33.7. The minimum Gasteiger partial charge on any atom is -0.456 e. The standard InChI is InChI=1S/C57H33N5O/c1-58-42-26-23-35(24-27-42)48-34-49-44-19-6-5-18-43(44)47(33-50(49)46-21-11-29-59-54(46)48)39-16-9-14-37(30-39)38-15-10-17-40(31-38)56-60-55(36-12-3-2-4-13-36)61-57(62-56)41-25-28-53-51(32-41)45-20-7-8-22-52(45)63-53/h2-34H. The molecule has 63 heavy (non-hydrogen) atoms. The van der Waals surface area contributed by atoms with E-state index in [1.54, 1.807) is 0 Å². The molecule has 3 heterocycles. The molecule has 0 N–H and O–H groups in total. The summed E-state index contributed by atoms with van der Waals surface area (Å²) < 4.78 is 6.14. The van der Waals surface area contributed by atoms with Crippen LogP contribution < -0.4 is 0 Å². The van der Waals surface area contributed by atoms with Crippen molar-refractivity contribution in [2.45, 2.75) is 0 Å². The number of nitrogens with zero attached hydrogens (tertiary/aromatic N) is 5. The summed E-state index contributed by atoms with van der Waals surface area (Å²) in [5.41, 5.74) is 12.4. The molecule has 0 radical (unpaired) electrons. The Balaban J connectivity index is 0.978. The maximum Gasteiger partial charge on any atom is 0.187 e. The summed E-state index contributed by atoms with van der Waals surface area (Å²) in [6, 6.07) is 66.7. The summed E-state index contributed by atoms with van der Waals surface area (Å²) in [6.45, 7) is 7.45. The lowest BCUT2D eigenvalue weighted by atomic mass is 9.88. The highest BCUT2D eigenvalue weighted by molar-refractivity contribution is 6.23. The first-order chi connectivity index (χ1) is 31.1. The summed E-state index contributed by atoms with van der Waals surface area (Å²) in [6.07, 6.45) is 1.85. The first-order valence-corrected chi connectivity index (χ1v) is 20.8. The molecular formula is C57H33N5O. The van der Waals surface area contributed by atoms with Crippen LogP contribution in [0.5, 0.6) is 0 Å². The molecule has 0 saturated carbocycles. The molecule has 3 aromatic heterocycles. The number of hydrogen-bond donors (Lipinski definition) is 0. The number of benzene rings is 9. The van der Waals surface area contributed by atoms with Crippen molar-refractivity contribution >= 4 is 60.1 Å². The fourth-order valence-corrected chi connectivity index (χ4v) is 8.92. The van der Waals surface area contributed by atoms with Crippen LogP contribution in [-0.2, 0) is 0 Å². The lowest BCUT2D eigenvalue weighted by Crippen LogP contribution is -2.00. The van der Waals surface area contributed by atoms with Crippen LogP contribution in [0.1, 0.15) is 0 Å². The van der Waals surface area contributed by atoms with E-state index in [0.717, 1.165) is 93.7 Å². The van der Waals surface area contributed by atoms with Crippen molar-refractivity contribution in [3.05, 3.63) is 212 Å². The fraction of sp³-hybridized carbons (Fsp3) is 0. The Morgan fingerprint density at radius 2 is 0.905 bits per heavy atom. The van der Waals surface area contributed by atoms with Crippen LogP contribution >= 0.6 is 0 Å². The summed E-state index contributed by atoms with van der Waals surface area (Å²) >= 11 is 0. The van der Waals surface area contributed by atoms with Crippen molar-refractivity contribution in [1.29, 1.82) is 0 Å². The van der Waals surface area contributed by atoms with E-state index >= 15 is 0 Å². The summed E-state index contributed by atoms with van der Waals surface area (Å²) in [4.78, 5) is 23.7. The highest BCUT2D eigenvalue weighted by Crippen LogP contribution is 2.42. The van der Waals surface area contributed by atoms with E-state index in [0.29, 0.717) is 23.2 Å². The molecule has 0 atom stereocenters. The average molecular weight is 804 g/mol. The van der Waals surface area contributed by atoms with Gasteiger partial charge in [0.2, 0.25) is 0 Å². The molecule has 9 aromatic carbocycles. The number of aromatic nitrogens is 4. The molecule has 0 aliphatic carbocycles. The van der Waals surface area contributed by atoms with Crippen LogP contribution in [0.3, 0.4) is 0 Å². The van der Waals surface area contributed by atoms with Crippen LogP contribution in [0, 0.1) is 6.57 Å². The van der Waals surface area contributed by atoms with E-state index in [9.17, 15) is 0 Å². The zero-order chi connectivity index (χ0) is 41.9. The monoisotopic (exact) mass is 803 g/mol. The van der Waals surface area contributed by atoms with Gasteiger partial charge in [0, 0.05) is 44.6 Å². The largest absolute Gasteiger partial charge is 0.456 e. The van der Waals surface area contributed by atoms with Crippen molar-refractivity contribution in [1.82, 2.24) is 19.9 Å². The minimum atomic E-state index is 0.592. The third-order valence-electron chi connectivity index (χ3n) is 12.0. The molecule has 0 amide bonds. The molecule has 12 aromatic rings. The van der Waals surface area contributed by atoms with Crippen molar-refractivity contribution in [2.75, 3.05) is 0 Å². The molecule has 12 rings (SSSR count). The third kappa shape index (κ3) is 6.27.